The fourth-order valence-corrected chi connectivity index (χ4v) is 2.82. The van der Waals surface area contributed by atoms with Gasteiger partial charge in [0.2, 0.25) is 0 Å². The summed E-state index contributed by atoms with van der Waals surface area (Å²) in [6.07, 6.45) is 3.03. The fraction of sp³-hybridized carbons (Fsp3) is 0.533. The van der Waals surface area contributed by atoms with Crippen molar-refractivity contribution in [2.24, 2.45) is 0 Å². The molecule has 3 heteroatoms. The second kappa shape index (κ2) is 6.53. The summed E-state index contributed by atoms with van der Waals surface area (Å²) in [4.78, 5) is 2.36. The second-order valence-electron chi connectivity index (χ2n) is 4.84. The van der Waals surface area contributed by atoms with Crippen LogP contribution in [0.3, 0.4) is 0 Å². The van der Waals surface area contributed by atoms with Gasteiger partial charge in [-0.1, -0.05) is 30.3 Å². The maximum atomic E-state index is 9.46. The summed E-state index contributed by atoms with van der Waals surface area (Å²) in [6.45, 7) is 2.17. The molecule has 1 heterocycles. The van der Waals surface area contributed by atoms with E-state index in [0.29, 0.717) is 6.04 Å². The van der Waals surface area contributed by atoms with E-state index in [1.54, 1.807) is 0 Å². The lowest BCUT2D eigenvalue weighted by Gasteiger charge is -2.28. The molecule has 1 saturated heterocycles. The largest absolute Gasteiger partial charge is 0.396 e. The molecule has 1 aromatic carbocycles. The minimum absolute atomic E-state index is 0.0487. The van der Waals surface area contributed by atoms with Gasteiger partial charge in [0.05, 0.1) is 12.0 Å². The molecule has 0 amide bonds. The Kier molecular flexibility index (Phi) is 4.74. The van der Waals surface area contributed by atoms with Crippen LogP contribution in [0.4, 0.5) is 0 Å². The molecule has 0 radical (unpaired) electrons. The average molecular weight is 244 g/mol. The predicted octanol–water partition coefficient (Wildman–Crippen LogP) is 2.14. The molecule has 1 aromatic rings. The molecular weight excluding hydrogens is 224 g/mol. The van der Waals surface area contributed by atoms with Crippen LogP contribution in [0.5, 0.6) is 0 Å². The van der Waals surface area contributed by atoms with Crippen molar-refractivity contribution in [1.82, 2.24) is 4.90 Å². The first-order valence-electron chi connectivity index (χ1n) is 6.66. The summed E-state index contributed by atoms with van der Waals surface area (Å²) >= 11 is 0. The van der Waals surface area contributed by atoms with E-state index in [1.807, 2.05) is 30.3 Å². The molecule has 2 unspecified atom stereocenters. The van der Waals surface area contributed by atoms with Gasteiger partial charge in [-0.15, -0.1) is 0 Å². The number of hydrogen-bond acceptors (Lipinski definition) is 3. The van der Waals surface area contributed by atoms with Gasteiger partial charge in [-0.25, -0.2) is 0 Å². The molecule has 18 heavy (non-hydrogen) atoms. The quantitative estimate of drug-likeness (QED) is 0.863. The van der Waals surface area contributed by atoms with E-state index in [9.17, 15) is 5.26 Å². The molecule has 1 N–H and O–H groups in total. The van der Waals surface area contributed by atoms with E-state index >= 15 is 0 Å². The zero-order valence-corrected chi connectivity index (χ0v) is 10.6. The monoisotopic (exact) mass is 244 g/mol. The molecule has 1 aliphatic heterocycles. The summed E-state index contributed by atoms with van der Waals surface area (Å²) in [5, 5.41) is 18.4. The highest BCUT2D eigenvalue weighted by Crippen LogP contribution is 2.30. The maximum Gasteiger partial charge on any atom is 0.0867 e. The first kappa shape index (κ1) is 13.1. The molecule has 96 valence electrons. The Hall–Kier alpha value is -1.37. The molecular formula is C15H20N2O. The minimum Gasteiger partial charge on any atom is -0.396 e. The van der Waals surface area contributed by atoms with Gasteiger partial charge in [0.1, 0.15) is 0 Å². The molecule has 0 saturated carbocycles. The topological polar surface area (TPSA) is 47.3 Å². The number of nitriles is 1. The number of benzene rings is 1. The lowest BCUT2D eigenvalue weighted by Crippen LogP contribution is -2.35. The molecule has 1 fully saturated rings. The van der Waals surface area contributed by atoms with Crippen LogP contribution < -0.4 is 0 Å². The Morgan fingerprint density at radius 1 is 1.39 bits per heavy atom. The van der Waals surface area contributed by atoms with Crippen LogP contribution in [0.25, 0.3) is 0 Å². The van der Waals surface area contributed by atoms with E-state index in [4.69, 9.17) is 5.11 Å². The summed E-state index contributed by atoms with van der Waals surface area (Å²) in [5.41, 5.74) is 1.11. The SMILES string of the molecule is N#CC(c1ccccc1)C1CCCN1CCCO. The van der Waals surface area contributed by atoms with Crippen LogP contribution in [0, 0.1) is 11.3 Å². The highest BCUT2D eigenvalue weighted by Gasteiger charge is 2.32. The van der Waals surface area contributed by atoms with E-state index in [1.165, 1.54) is 0 Å². The molecule has 0 bridgehead atoms. The van der Waals surface area contributed by atoms with Gasteiger partial charge in [-0.3, -0.25) is 4.90 Å². The van der Waals surface area contributed by atoms with Crippen LogP contribution in [0.1, 0.15) is 30.7 Å². The third-order valence-electron chi connectivity index (χ3n) is 3.70. The van der Waals surface area contributed by atoms with Crippen LogP contribution >= 0.6 is 0 Å². The number of aliphatic hydroxyl groups is 1. The smallest absolute Gasteiger partial charge is 0.0867 e. The predicted molar refractivity (Wildman–Crippen MR) is 71.1 cm³/mol. The van der Waals surface area contributed by atoms with Crippen molar-refractivity contribution >= 4 is 0 Å². The third kappa shape index (κ3) is 2.90. The van der Waals surface area contributed by atoms with Gasteiger partial charge < -0.3 is 5.11 Å². The number of hydrogen-bond donors (Lipinski definition) is 1. The summed E-state index contributed by atoms with van der Waals surface area (Å²) in [7, 11) is 0. The Morgan fingerprint density at radius 3 is 2.83 bits per heavy atom. The van der Waals surface area contributed by atoms with Crippen molar-refractivity contribution in [3.05, 3.63) is 35.9 Å². The van der Waals surface area contributed by atoms with E-state index in [0.717, 1.165) is 37.9 Å². The van der Waals surface area contributed by atoms with Crippen molar-refractivity contribution < 1.29 is 5.11 Å². The van der Waals surface area contributed by atoms with E-state index < -0.39 is 0 Å². The number of nitrogens with zero attached hydrogens (tertiary/aromatic N) is 2. The number of rotatable bonds is 5. The van der Waals surface area contributed by atoms with Crippen molar-refractivity contribution in [1.29, 1.82) is 5.26 Å². The van der Waals surface area contributed by atoms with Gasteiger partial charge >= 0.3 is 0 Å². The van der Waals surface area contributed by atoms with Crippen LogP contribution in [0.15, 0.2) is 30.3 Å². The van der Waals surface area contributed by atoms with Crippen molar-refractivity contribution in [3.8, 4) is 6.07 Å². The van der Waals surface area contributed by atoms with Gasteiger partial charge in [0, 0.05) is 19.2 Å². The lowest BCUT2D eigenvalue weighted by atomic mass is 9.91. The molecule has 3 nitrogen and oxygen atoms in total. The molecule has 2 rings (SSSR count). The summed E-state index contributed by atoms with van der Waals surface area (Å²) in [5.74, 6) is -0.0487. The van der Waals surface area contributed by atoms with Gasteiger partial charge in [0.25, 0.3) is 0 Å². The van der Waals surface area contributed by atoms with Crippen LogP contribution in [0.2, 0.25) is 0 Å². The highest BCUT2D eigenvalue weighted by atomic mass is 16.3. The van der Waals surface area contributed by atoms with Crippen molar-refractivity contribution in [2.45, 2.75) is 31.2 Å². The lowest BCUT2D eigenvalue weighted by molar-refractivity contribution is 0.205. The number of likely N-dealkylation sites (tertiary alicyclic amines) is 1. The molecule has 1 aliphatic rings. The molecule has 0 aliphatic carbocycles. The molecule has 2 atom stereocenters. The Balaban J connectivity index is 2.10. The third-order valence-corrected chi connectivity index (χ3v) is 3.70. The first-order valence-corrected chi connectivity index (χ1v) is 6.66. The highest BCUT2D eigenvalue weighted by molar-refractivity contribution is 5.27. The van der Waals surface area contributed by atoms with Crippen molar-refractivity contribution in [2.75, 3.05) is 19.7 Å². The minimum atomic E-state index is -0.0487. The zero-order chi connectivity index (χ0) is 12.8. The maximum absolute atomic E-state index is 9.46. The van der Waals surface area contributed by atoms with Gasteiger partial charge in [0.15, 0.2) is 0 Å². The van der Waals surface area contributed by atoms with E-state index in [2.05, 4.69) is 11.0 Å². The van der Waals surface area contributed by atoms with Crippen LogP contribution in [-0.4, -0.2) is 35.7 Å². The standard InChI is InChI=1S/C15H20N2O/c16-12-14(13-6-2-1-3-7-13)15-8-4-9-17(15)10-5-11-18/h1-3,6-7,14-15,18H,4-5,8-11H2. The first-order chi connectivity index (χ1) is 8.86. The van der Waals surface area contributed by atoms with Gasteiger partial charge in [-0.05, 0) is 31.4 Å². The Bertz CT molecular complexity index is 399. The summed E-state index contributed by atoms with van der Waals surface area (Å²) in [6, 6.07) is 12.8. The van der Waals surface area contributed by atoms with Crippen molar-refractivity contribution in [3.63, 3.8) is 0 Å². The Morgan fingerprint density at radius 2 is 2.17 bits per heavy atom. The normalized spacial score (nSPS) is 21.7. The Labute approximate surface area is 109 Å². The molecule has 0 aromatic heterocycles. The fourth-order valence-electron chi connectivity index (χ4n) is 2.82. The van der Waals surface area contributed by atoms with Gasteiger partial charge in [-0.2, -0.15) is 5.26 Å². The number of aliphatic hydroxyl groups excluding tert-OH is 1. The molecule has 0 spiro atoms. The second-order valence-corrected chi connectivity index (χ2v) is 4.84. The van der Waals surface area contributed by atoms with Crippen LogP contribution in [-0.2, 0) is 0 Å². The van der Waals surface area contributed by atoms with E-state index in [-0.39, 0.29) is 12.5 Å². The average Bonchev–Trinajstić information content (AvgIpc) is 2.87. The zero-order valence-electron chi connectivity index (χ0n) is 10.6. The summed E-state index contributed by atoms with van der Waals surface area (Å²) < 4.78 is 0.